The lowest BCUT2D eigenvalue weighted by molar-refractivity contribution is 0.0665. The molecule has 0 saturated heterocycles. The zero-order chi connectivity index (χ0) is 14.3. The maximum Gasteiger partial charge on any atom is 0.254 e. The summed E-state index contributed by atoms with van der Waals surface area (Å²) < 4.78 is 0. The van der Waals surface area contributed by atoms with E-state index in [0.29, 0.717) is 18.7 Å². The molecule has 0 bridgehead atoms. The van der Waals surface area contributed by atoms with Gasteiger partial charge in [0, 0.05) is 23.7 Å². The standard InChI is InChI=1S/C15H20N2O2/c1-12(2)17(10-11-18)15(19)14-7-5-13(6-8-14)4-3-9-16/h5-8,12,18H,9-11,16H2,1-2H3. The van der Waals surface area contributed by atoms with Crippen molar-refractivity contribution in [1.82, 2.24) is 4.90 Å². The molecular weight excluding hydrogens is 240 g/mol. The highest BCUT2D eigenvalue weighted by Crippen LogP contribution is 2.09. The van der Waals surface area contributed by atoms with Gasteiger partial charge in [0.25, 0.3) is 5.91 Å². The van der Waals surface area contributed by atoms with E-state index in [1.54, 1.807) is 29.2 Å². The summed E-state index contributed by atoms with van der Waals surface area (Å²) in [6.45, 7) is 4.47. The minimum Gasteiger partial charge on any atom is -0.395 e. The number of amides is 1. The SMILES string of the molecule is CC(C)N(CCO)C(=O)c1ccc(C#CCN)cc1. The predicted octanol–water partition coefficient (Wildman–Crippen LogP) is 0.840. The van der Waals surface area contributed by atoms with Gasteiger partial charge < -0.3 is 15.7 Å². The number of carbonyl (C=O) groups is 1. The fraction of sp³-hybridized carbons (Fsp3) is 0.400. The average molecular weight is 260 g/mol. The fourth-order valence-corrected chi connectivity index (χ4v) is 1.72. The molecule has 1 rings (SSSR count). The van der Waals surface area contributed by atoms with E-state index in [0.717, 1.165) is 5.56 Å². The highest BCUT2D eigenvalue weighted by atomic mass is 16.3. The summed E-state index contributed by atoms with van der Waals surface area (Å²) in [5.74, 6) is 5.59. The van der Waals surface area contributed by atoms with Gasteiger partial charge in [-0.2, -0.15) is 0 Å². The smallest absolute Gasteiger partial charge is 0.254 e. The summed E-state index contributed by atoms with van der Waals surface area (Å²) in [5.41, 5.74) is 6.73. The van der Waals surface area contributed by atoms with E-state index in [4.69, 9.17) is 10.8 Å². The largest absolute Gasteiger partial charge is 0.395 e. The van der Waals surface area contributed by atoms with Crippen molar-refractivity contribution in [3.05, 3.63) is 35.4 Å². The van der Waals surface area contributed by atoms with Gasteiger partial charge in [0.2, 0.25) is 0 Å². The average Bonchev–Trinajstić information content (AvgIpc) is 2.42. The molecule has 0 fully saturated rings. The van der Waals surface area contributed by atoms with E-state index in [2.05, 4.69) is 11.8 Å². The van der Waals surface area contributed by atoms with Crippen molar-refractivity contribution in [3.8, 4) is 11.8 Å². The van der Waals surface area contributed by atoms with Crippen LogP contribution in [0.3, 0.4) is 0 Å². The molecule has 0 saturated carbocycles. The zero-order valence-electron chi connectivity index (χ0n) is 11.4. The molecule has 0 aliphatic heterocycles. The van der Waals surface area contributed by atoms with Crippen LogP contribution in [0.15, 0.2) is 24.3 Å². The molecule has 1 aromatic carbocycles. The Balaban J connectivity index is 2.87. The van der Waals surface area contributed by atoms with Gasteiger partial charge >= 0.3 is 0 Å². The van der Waals surface area contributed by atoms with Crippen LogP contribution in [0.5, 0.6) is 0 Å². The number of aliphatic hydroxyl groups is 1. The second kappa shape index (κ2) is 7.57. The summed E-state index contributed by atoms with van der Waals surface area (Å²) >= 11 is 0. The van der Waals surface area contributed by atoms with Crippen LogP contribution >= 0.6 is 0 Å². The van der Waals surface area contributed by atoms with Gasteiger partial charge in [-0.25, -0.2) is 0 Å². The molecule has 1 amide bonds. The van der Waals surface area contributed by atoms with Gasteiger partial charge in [-0.05, 0) is 38.1 Å². The minimum atomic E-state index is -0.0811. The molecule has 4 heteroatoms. The van der Waals surface area contributed by atoms with E-state index in [1.165, 1.54) is 0 Å². The van der Waals surface area contributed by atoms with Crippen molar-refractivity contribution >= 4 is 5.91 Å². The van der Waals surface area contributed by atoms with Crippen LogP contribution in [0.1, 0.15) is 29.8 Å². The first-order valence-electron chi connectivity index (χ1n) is 6.31. The molecule has 0 aliphatic carbocycles. The molecule has 4 nitrogen and oxygen atoms in total. The molecule has 102 valence electrons. The number of carbonyl (C=O) groups excluding carboxylic acids is 1. The number of benzene rings is 1. The van der Waals surface area contributed by atoms with Crippen LogP contribution in [0.4, 0.5) is 0 Å². The third kappa shape index (κ3) is 4.40. The van der Waals surface area contributed by atoms with Crippen LogP contribution in [-0.4, -0.2) is 41.7 Å². The Bertz CT molecular complexity index is 469. The fourth-order valence-electron chi connectivity index (χ4n) is 1.72. The zero-order valence-corrected chi connectivity index (χ0v) is 11.4. The quantitative estimate of drug-likeness (QED) is 0.788. The van der Waals surface area contributed by atoms with Gasteiger partial charge in [0.15, 0.2) is 0 Å². The van der Waals surface area contributed by atoms with Crippen LogP contribution in [0, 0.1) is 11.8 Å². The van der Waals surface area contributed by atoms with Crippen molar-refractivity contribution in [3.63, 3.8) is 0 Å². The Labute approximate surface area is 114 Å². The second-order valence-electron chi connectivity index (χ2n) is 4.40. The molecule has 0 aliphatic rings. The number of aliphatic hydroxyl groups excluding tert-OH is 1. The molecule has 1 aromatic rings. The van der Waals surface area contributed by atoms with Gasteiger partial charge in [-0.15, -0.1) is 0 Å². The van der Waals surface area contributed by atoms with Crippen molar-refractivity contribution in [1.29, 1.82) is 0 Å². The van der Waals surface area contributed by atoms with Crippen molar-refractivity contribution in [2.24, 2.45) is 5.73 Å². The van der Waals surface area contributed by atoms with Crippen molar-refractivity contribution in [2.75, 3.05) is 19.7 Å². The van der Waals surface area contributed by atoms with Crippen molar-refractivity contribution < 1.29 is 9.90 Å². The van der Waals surface area contributed by atoms with E-state index in [-0.39, 0.29) is 18.6 Å². The lowest BCUT2D eigenvalue weighted by Gasteiger charge is -2.26. The maximum atomic E-state index is 12.3. The molecular formula is C15H20N2O2. The lowest BCUT2D eigenvalue weighted by atomic mass is 10.1. The van der Waals surface area contributed by atoms with Crippen LogP contribution in [-0.2, 0) is 0 Å². The Morgan fingerprint density at radius 3 is 2.47 bits per heavy atom. The number of nitrogens with two attached hydrogens (primary N) is 1. The molecule has 0 radical (unpaired) electrons. The molecule has 0 heterocycles. The molecule has 0 aromatic heterocycles. The monoisotopic (exact) mass is 260 g/mol. The normalized spacial score (nSPS) is 9.95. The molecule has 0 atom stereocenters. The Morgan fingerprint density at radius 2 is 2.00 bits per heavy atom. The predicted molar refractivity (Wildman–Crippen MR) is 75.6 cm³/mol. The summed E-state index contributed by atoms with van der Waals surface area (Å²) in [5, 5.41) is 9.00. The molecule has 0 unspecified atom stereocenters. The van der Waals surface area contributed by atoms with Crippen molar-refractivity contribution in [2.45, 2.75) is 19.9 Å². The van der Waals surface area contributed by atoms with Crippen LogP contribution in [0.2, 0.25) is 0 Å². The third-order valence-electron chi connectivity index (χ3n) is 2.69. The number of nitrogens with zero attached hydrogens (tertiary/aromatic N) is 1. The maximum absolute atomic E-state index is 12.3. The molecule has 0 spiro atoms. The first kappa shape index (κ1) is 15.2. The highest BCUT2D eigenvalue weighted by Gasteiger charge is 2.17. The van der Waals surface area contributed by atoms with Gasteiger partial charge in [-0.1, -0.05) is 11.8 Å². The van der Waals surface area contributed by atoms with Gasteiger partial charge in [0.1, 0.15) is 0 Å². The van der Waals surface area contributed by atoms with E-state index >= 15 is 0 Å². The second-order valence-corrected chi connectivity index (χ2v) is 4.40. The first-order valence-corrected chi connectivity index (χ1v) is 6.31. The van der Waals surface area contributed by atoms with Gasteiger partial charge in [0.05, 0.1) is 13.2 Å². The Hall–Kier alpha value is -1.83. The Morgan fingerprint density at radius 1 is 1.37 bits per heavy atom. The number of rotatable bonds is 4. The van der Waals surface area contributed by atoms with E-state index < -0.39 is 0 Å². The number of hydrogen-bond donors (Lipinski definition) is 2. The third-order valence-corrected chi connectivity index (χ3v) is 2.69. The van der Waals surface area contributed by atoms with Gasteiger partial charge in [-0.3, -0.25) is 4.79 Å². The summed E-state index contributed by atoms with van der Waals surface area (Å²) in [6.07, 6.45) is 0. The van der Waals surface area contributed by atoms with Crippen LogP contribution < -0.4 is 5.73 Å². The summed E-state index contributed by atoms with van der Waals surface area (Å²) in [6, 6.07) is 7.14. The molecule has 19 heavy (non-hydrogen) atoms. The summed E-state index contributed by atoms with van der Waals surface area (Å²) in [4.78, 5) is 13.9. The highest BCUT2D eigenvalue weighted by molar-refractivity contribution is 5.94. The topological polar surface area (TPSA) is 66.6 Å². The first-order chi connectivity index (χ1) is 9.10. The van der Waals surface area contributed by atoms with Crippen LogP contribution in [0.25, 0.3) is 0 Å². The minimum absolute atomic E-state index is 0.0377. The van der Waals surface area contributed by atoms with E-state index in [9.17, 15) is 4.79 Å². The Kier molecular flexibility index (Phi) is 6.07. The molecule has 3 N–H and O–H groups in total. The summed E-state index contributed by atoms with van der Waals surface area (Å²) in [7, 11) is 0. The lowest BCUT2D eigenvalue weighted by Crippen LogP contribution is -2.38. The van der Waals surface area contributed by atoms with E-state index in [1.807, 2.05) is 13.8 Å². The number of hydrogen-bond acceptors (Lipinski definition) is 3.